The molecule has 0 aliphatic heterocycles. The van der Waals surface area contributed by atoms with Crippen LogP contribution >= 0.6 is 8.75 Å². The summed E-state index contributed by atoms with van der Waals surface area (Å²) in [6, 6.07) is 9.37. The zero-order valence-electron chi connectivity index (χ0n) is 8.41. The van der Waals surface area contributed by atoms with Crippen molar-refractivity contribution < 1.29 is 4.79 Å². The van der Waals surface area contributed by atoms with Gasteiger partial charge in [-0.05, 0) is 18.8 Å². The highest BCUT2D eigenvalue weighted by Gasteiger charge is 2.23. The minimum absolute atomic E-state index is 0.178. The monoisotopic (exact) mass is 196 g/mol. The Morgan fingerprint density at radius 1 is 1.15 bits per heavy atom. The average Bonchev–Trinajstić information content (AvgIpc) is 2.02. The second-order valence-corrected chi connectivity index (χ2v) is 10.6. The lowest BCUT2D eigenvalue weighted by atomic mass is 10.2. The first-order valence-corrected chi connectivity index (χ1v) is 7.52. The molecule has 0 aliphatic carbocycles. The molecule has 0 spiro atoms. The van der Waals surface area contributed by atoms with Crippen molar-refractivity contribution in [3.63, 3.8) is 0 Å². The molecule has 0 amide bonds. The van der Waals surface area contributed by atoms with E-state index in [4.69, 9.17) is 0 Å². The fourth-order valence-electron chi connectivity index (χ4n) is 1.01. The molecule has 2 heteroatoms. The van der Waals surface area contributed by atoms with E-state index >= 15 is 0 Å². The van der Waals surface area contributed by atoms with E-state index in [1.807, 2.05) is 49.1 Å². The van der Waals surface area contributed by atoms with Crippen LogP contribution in [0.15, 0.2) is 30.3 Å². The fourth-order valence-corrected chi connectivity index (χ4v) is 2.02. The van der Waals surface area contributed by atoms with Crippen LogP contribution in [0.3, 0.4) is 0 Å². The van der Waals surface area contributed by atoms with E-state index in [1.165, 1.54) is 0 Å². The van der Waals surface area contributed by atoms with Crippen molar-refractivity contribution >= 4 is 19.7 Å². The first kappa shape index (κ1) is 10.2. The number of carbonyl (C=O) groups is 1. The van der Waals surface area contributed by atoms with Gasteiger partial charge in [0.05, 0.1) is 0 Å². The van der Waals surface area contributed by atoms with Crippen LogP contribution in [-0.2, 0) is 0 Å². The number of benzene rings is 1. The van der Waals surface area contributed by atoms with Gasteiger partial charge in [0.15, 0.2) is 5.12 Å². The first-order chi connectivity index (χ1) is 5.77. The molecule has 1 aromatic rings. The molecular formula is C11H16OS. The predicted molar refractivity (Wildman–Crippen MR) is 63.3 cm³/mol. The molecule has 0 aliphatic rings. The molecule has 0 aromatic heterocycles. The number of hydrogen-bond donors (Lipinski definition) is 0. The van der Waals surface area contributed by atoms with Crippen molar-refractivity contribution in [1.82, 2.24) is 0 Å². The standard InChI is InChI=1S/C11H16OS/c1-13(2,3,4)11(12)10-8-6-5-7-9-10/h5-9H,1H2,2-4H3. The molecule has 1 rings (SSSR count). The highest BCUT2D eigenvalue weighted by Crippen LogP contribution is 2.47. The number of carbonyl (C=O) groups excluding carboxylic acids is 1. The normalized spacial score (nSPS) is 14.5. The molecule has 1 aromatic carbocycles. The molecule has 0 saturated heterocycles. The van der Waals surface area contributed by atoms with Crippen molar-refractivity contribution in [2.75, 3.05) is 18.8 Å². The lowest BCUT2D eigenvalue weighted by Gasteiger charge is -2.33. The van der Waals surface area contributed by atoms with Crippen molar-refractivity contribution in [2.45, 2.75) is 0 Å². The van der Waals surface area contributed by atoms with Crippen LogP contribution in [0.25, 0.3) is 0 Å². The van der Waals surface area contributed by atoms with Crippen molar-refractivity contribution in [1.29, 1.82) is 0 Å². The Morgan fingerprint density at radius 2 is 1.62 bits per heavy atom. The maximum Gasteiger partial charge on any atom is 0.197 e. The third kappa shape index (κ3) is 2.52. The Balaban J connectivity index is 3.16. The van der Waals surface area contributed by atoms with E-state index < -0.39 is 8.75 Å². The van der Waals surface area contributed by atoms with Crippen LogP contribution in [0, 0.1) is 0 Å². The summed E-state index contributed by atoms with van der Waals surface area (Å²) in [7, 11) is -2.11. The third-order valence-corrected chi connectivity index (χ3v) is 3.31. The fraction of sp³-hybridized carbons (Fsp3) is 0.273. The molecule has 0 saturated carbocycles. The quantitative estimate of drug-likeness (QED) is 0.631. The Bertz CT molecular complexity index is 373. The summed E-state index contributed by atoms with van der Waals surface area (Å²) in [5.41, 5.74) is 0.770. The topological polar surface area (TPSA) is 17.1 Å². The minimum atomic E-state index is -2.11. The minimum Gasteiger partial charge on any atom is -0.284 e. The molecule has 0 heterocycles. The van der Waals surface area contributed by atoms with Crippen LogP contribution in [0.4, 0.5) is 0 Å². The molecule has 0 fully saturated rings. The summed E-state index contributed by atoms with van der Waals surface area (Å²) in [5, 5.41) is 0.178. The third-order valence-electron chi connectivity index (χ3n) is 1.70. The van der Waals surface area contributed by atoms with Crippen LogP contribution in [-0.4, -0.2) is 29.8 Å². The van der Waals surface area contributed by atoms with Crippen molar-refractivity contribution in [3.8, 4) is 0 Å². The second-order valence-electron chi connectivity index (χ2n) is 4.50. The van der Waals surface area contributed by atoms with Crippen molar-refractivity contribution in [3.05, 3.63) is 35.9 Å². The van der Waals surface area contributed by atoms with E-state index in [1.54, 1.807) is 0 Å². The van der Waals surface area contributed by atoms with Crippen LogP contribution in [0.5, 0.6) is 0 Å². The second kappa shape index (κ2) is 2.81. The first-order valence-electron chi connectivity index (χ1n) is 4.08. The summed E-state index contributed by atoms with van der Waals surface area (Å²) < 4.78 is 0. The zero-order chi connectivity index (χ0) is 10.1. The molecule has 0 bridgehead atoms. The maximum atomic E-state index is 12.0. The van der Waals surface area contributed by atoms with Crippen molar-refractivity contribution in [2.24, 2.45) is 0 Å². The van der Waals surface area contributed by atoms with Gasteiger partial charge in [-0.25, -0.2) is 8.75 Å². The summed E-state index contributed by atoms with van der Waals surface area (Å²) in [5.74, 6) is 4.04. The summed E-state index contributed by atoms with van der Waals surface area (Å²) in [6.07, 6.45) is 5.85. The van der Waals surface area contributed by atoms with Gasteiger partial charge < -0.3 is 0 Å². The molecule has 0 N–H and O–H groups in total. The Hall–Kier alpha value is -0.890. The van der Waals surface area contributed by atoms with E-state index in [0.717, 1.165) is 5.56 Å². The molecule has 13 heavy (non-hydrogen) atoms. The van der Waals surface area contributed by atoms with E-state index in [9.17, 15) is 4.79 Å². The maximum absolute atomic E-state index is 12.0. The lowest BCUT2D eigenvalue weighted by Crippen LogP contribution is -2.14. The predicted octanol–water partition coefficient (Wildman–Crippen LogP) is 2.49. The highest BCUT2D eigenvalue weighted by atomic mass is 32.3. The van der Waals surface area contributed by atoms with Gasteiger partial charge in [0.2, 0.25) is 0 Å². The lowest BCUT2D eigenvalue weighted by molar-refractivity contribution is 0.108. The molecule has 0 atom stereocenters. The van der Waals surface area contributed by atoms with Gasteiger partial charge in [-0.1, -0.05) is 36.2 Å². The Morgan fingerprint density at radius 3 is 2.00 bits per heavy atom. The van der Waals surface area contributed by atoms with Crippen LogP contribution < -0.4 is 0 Å². The van der Waals surface area contributed by atoms with Gasteiger partial charge in [-0.2, -0.15) is 0 Å². The largest absolute Gasteiger partial charge is 0.284 e. The van der Waals surface area contributed by atoms with E-state index in [0.29, 0.717) is 0 Å². The number of hydrogen-bond acceptors (Lipinski definition) is 1. The molecule has 72 valence electrons. The number of rotatable bonds is 1. The van der Waals surface area contributed by atoms with Crippen LogP contribution in [0.1, 0.15) is 10.4 Å². The molecule has 0 unspecified atom stereocenters. The van der Waals surface area contributed by atoms with Gasteiger partial charge in [0, 0.05) is 5.56 Å². The van der Waals surface area contributed by atoms with E-state index in [-0.39, 0.29) is 5.12 Å². The summed E-state index contributed by atoms with van der Waals surface area (Å²) in [4.78, 5) is 12.0. The summed E-state index contributed by atoms with van der Waals surface area (Å²) in [6.45, 7) is 0. The van der Waals surface area contributed by atoms with E-state index in [2.05, 4.69) is 5.87 Å². The Kier molecular flexibility index (Phi) is 2.20. The average molecular weight is 196 g/mol. The van der Waals surface area contributed by atoms with Gasteiger partial charge in [-0.3, -0.25) is 4.79 Å². The molecular weight excluding hydrogens is 180 g/mol. The van der Waals surface area contributed by atoms with Gasteiger partial charge in [0.25, 0.3) is 0 Å². The summed E-state index contributed by atoms with van der Waals surface area (Å²) >= 11 is 0. The molecule has 1 nitrogen and oxygen atoms in total. The van der Waals surface area contributed by atoms with Crippen LogP contribution in [0.2, 0.25) is 0 Å². The SMILES string of the molecule is C=S(C)(C)(C)C(=O)c1ccccc1. The molecule has 0 radical (unpaired) electrons. The highest BCUT2D eigenvalue weighted by molar-refractivity contribution is 8.56. The van der Waals surface area contributed by atoms with Gasteiger partial charge in [0.1, 0.15) is 0 Å². The van der Waals surface area contributed by atoms with Gasteiger partial charge >= 0.3 is 0 Å². The smallest absolute Gasteiger partial charge is 0.197 e. The zero-order valence-corrected chi connectivity index (χ0v) is 9.23. The Labute approximate surface area is 79.6 Å². The van der Waals surface area contributed by atoms with Gasteiger partial charge in [-0.15, -0.1) is 0 Å².